The van der Waals surface area contributed by atoms with Crippen LogP contribution in [0, 0.1) is 11.8 Å². The Morgan fingerprint density at radius 2 is 2.15 bits per heavy atom. The molecule has 1 aromatic rings. The number of aliphatic hydroxyl groups excluding tert-OH is 1. The average Bonchev–Trinajstić information content (AvgIpc) is 2.65. The van der Waals surface area contributed by atoms with Crippen molar-refractivity contribution in [1.29, 1.82) is 0 Å². The van der Waals surface area contributed by atoms with Crippen LogP contribution in [0.25, 0.3) is 0 Å². The summed E-state index contributed by atoms with van der Waals surface area (Å²) < 4.78 is 10.3. The van der Waals surface area contributed by atoms with Crippen LogP contribution >= 0.6 is 0 Å². The van der Waals surface area contributed by atoms with E-state index >= 15 is 0 Å². The standard InChI is InChI=1S/C8H10N2O3/c11-1-6-9-8(13-10-6)7-4-2-12-3-5(4)7/h4-5,7,11H,1-3H2. The molecule has 2 heterocycles. The fraction of sp³-hybridized carbons (Fsp3) is 0.750. The normalized spacial score (nSPS) is 36.2. The van der Waals surface area contributed by atoms with Crippen molar-refractivity contribution in [3.63, 3.8) is 0 Å². The smallest absolute Gasteiger partial charge is 0.230 e. The predicted octanol–water partition coefficient (Wildman–Crippen LogP) is -0.0783. The van der Waals surface area contributed by atoms with Crippen molar-refractivity contribution in [3.05, 3.63) is 11.7 Å². The third-order valence-corrected chi connectivity index (χ3v) is 2.86. The van der Waals surface area contributed by atoms with E-state index in [1.54, 1.807) is 0 Å². The maximum atomic E-state index is 8.75. The molecule has 1 aliphatic carbocycles. The molecule has 2 atom stereocenters. The van der Waals surface area contributed by atoms with E-state index in [9.17, 15) is 0 Å². The van der Waals surface area contributed by atoms with Crippen LogP contribution in [0.5, 0.6) is 0 Å². The zero-order chi connectivity index (χ0) is 8.84. The number of aliphatic hydroxyl groups is 1. The Hall–Kier alpha value is -0.940. The number of nitrogens with zero attached hydrogens (tertiary/aromatic N) is 2. The van der Waals surface area contributed by atoms with Crippen molar-refractivity contribution in [2.45, 2.75) is 12.5 Å². The molecule has 0 spiro atoms. The van der Waals surface area contributed by atoms with E-state index in [-0.39, 0.29) is 6.61 Å². The molecular formula is C8H10N2O3. The first-order valence-corrected chi connectivity index (χ1v) is 4.41. The number of rotatable bonds is 2. The molecule has 0 radical (unpaired) electrons. The molecule has 1 aromatic heterocycles. The molecule has 1 aliphatic heterocycles. The van der Waals surface area contributed by atoms with Crippen molar-refractivity contribution in [1.82, 2.24) is 10.1 Å². The topological polar surface area (TPSA) is 68.4 Å². The molecule has 0 aromatic carbocycles. The molecule has 2 aliphatic rings. The lowest BCUT2D eigenvalue weighted by Crippen LogP contribution is -1.97. The molecule has 70 valence electrons. The number of hydrogen-bond donors (Lipinski definition) is 1. The van der Waals surface area contributed by atoms with E-state index in [2.05, 4.69) is 10.1 Å². The molecule has 1 saturated carbocycles. The monoisotopic (exact) mass is 182 g/mol. The Kier molecular flexibility index (Phi) is 1.45. The van der Waals surface area contributed by atoms with Gasteiger partial charge in [-0.05, 0) is 11.8 Å². The van der Waals surface area contributed by atoms with Crippen LogP contribution < -0.4 is 0 Å². The highest BCUT2D eigenvalue weighted by atomic mass is 16.5. The first-order chi connectivity index (χ1) is 6.40. The van der Waals surface area contributed by atoms with E-state index < -0.39 is 0 Å². The lowest BCUT2D eigenvalue weighted by molar-refractivity contribution is 0.155. The fourth-order valence-corrected chi connectivity index (χ4v) is 2.07. The highest BCUT2D eigenvalue weighted by Crippen LogP contribution is 2.56. The van der Waals surface area contributed by atoms with Crippen molar-refractivity contribution in [3.8, 4) is 0 Å². The summed E-state index contributed by atoms with van der Waals surface area (Å²) in [5.74, 6) is 2.59. The summed E-state index contributed by atoms with van der Waals surface area (Å²) in [5, 5.41) is 12.4. The van der Waals surface area contributed by atoms with Gasteiger partial charge in [0, 0.05) is 5.92 Å². The summed E-state index contributed by atoms with van der Waals surface area (Å²) >= 11 is 0. The Morgan fingerprint density at radius 1 is 1.38 bits per heavy atom. The van der Waals surface area contributed by atoms with Gasteiger partial charge in [0.1, 0.15) is 6.61 Å². The van der Waals surface area contributed by atoms with E-state index in [0.717, 1.165) is 13.2 Å². The number of aromatic nitrogens is 2. The molecule has 3 rings (SSSR count). The third kappa shape index (κ3) is 1.00. The summed E-state index contributed by atoms with van der Waals surface area (Å²) in [6.07, 6.45) is 0. The summed E-state index contributed by atoms with van der Waals surface area (Å²) in [5.41, 5.74) is 0. The van der Waals surface area contributed by atoms with E-state index in [1.165, 1.54) is 0 Å². The average molecular weight is 182 g/mol. The second-order valence-electron chi connectivity index (χ2n) is 3.60. The maximum Gasteiger partial charge on any atom is 0.230 e. The molecule has 1 N–H and O–H groups in total. The fourth-order valence-electron chi connectivity index (χ4n) is 2.07. The van der Waals surface area contributed by atoms with Gasteiger partial charge in [-0.3, -0.25) is 0 Å². The van der Waals surface area contributed by atoms with Gasteiger partial charge in [-0.15, -0.1) is 0 Å². The van der Waals surface area contributed by atoms with Crippen LogP contribution in [0.15, 0.2) is 4.52 Å². The molecule has 2 unspecified atom stereocenters. The van der Waals surface area contributed by atoms with E-state index in [4.69, 9.17) is 14.4 Å². The minimum atomic E-state index is -0.151. The van der Waals surface area contributed by atoms with Crippen molar-refractivity contribution >= 4 is 0 Å². The SMILES string of the molecule is OCc1noc(C2C3COCC32)n1. The minimum Gasteiger partial charge on any atom is -0.388 e. The largest absolute Gasteiger partial charge is 0.388 e. The second-order valence-corrected chi connectivity index (χ2v) is 3.60. The van der Waals surface area contributed by atoms with Crippen molar-refractivity contribution < 1.29 is 14.4 Å². The lowest BCUT2D eigenvalue weighted by Gasteiger charge is -1.96. The van der Waals surface area contributed by atoms with E-state index in [0.29, 0.717) is 29.5 Å². The van der Waals surface area contributed by atoms with Gasteiger partial charge in [0.15, 0.2) is 5.82 Å². The summed E-state index contributed by atoms with van der Waals surface area (Å²) in [7, 11) is 0. The van der Waals surface area contributed by atoms with Gasteiger partial charge in [-0.1, -0.05) is 5.16 Å². The highest BCUT2D eigenvalue weighted by Gasteiger charge is 2.57. The van der Waals surface area contributed by atoms with Crippen LogP contribution in [0.1, 0.15) is 17.6 Å². The lowest BCUT2D eigenvalue weighted by atomic mass is 10.3. The van der Waals surface area contributed by atoms with Gasteiger partial charge < -0.3 is 14.4 Å². The van der Waals surface area contributed by atoms with Gasteiger partial charge in [0.05, 0.1) is 13.2 Å². The van der Waals surface area contributed by atoms with Crippen LogP contribution in [0.3, 0.4) is 0 Å². The highest BCUT2D eigenvalue weighted by molar-refractivity contribution is 5.15. The molecule has 0 bridgehead atoms. The van der Waals surface area contributed by atoms with Gasteiger partial charge in [0.25, 0.3) is 0 Å². The molecule has 5 heteroatoms. The zero-order valence-corrected chi connectivity index (χ0v) is 7.01. The Labute approximate surface area is 74.7 Å². The number of ether oxygens (including phenoxy) is 1. The zero-order valence-electron chi connectivity index (χ0n) is 7.01. The first-order valence-electron chi connectivity index (χ1n) is 4.41. The Morgan fingerprint density at radius 3 is 2.77 bits per heavy atom. The Bertz CT molecular complexity index is 315. The second kappa shape index (κ2) is 2.52. The van der Waals surface area contributed by atoms with E-state index in [1.807, 2.05) is 0 Å². The molecule has 2 fully saturated rings. The van der Waals surface area contributed by atoms with Crippen molar-refractivity contribution in [2.75, 3.05) is 13.2 Å². The summed E-state index contributed by atoms with van der Waals surface area (Å²) in [6, 6.07) is 0. The Balaban J connectivity index is 1.79. The molecule has 5 nitrogen and oxygen atoms in total. The summed E-state index contributed by atoms with van der Waals surface area (Å²) in [4.78, 5) is 4.09. The quantitative estimate of drug-likeness (QED) is 0.692. The number of fused-ring (bicyclic) bond motifs is 1. The van der Waals surface area contributed by atoms with Crippen LogP contribution in [-0.2, 0) is 11.3 Å². The van der Waals surface area contributed by atoms with Gasteiger partial charge in [-0.2, -0.15) is 4.98 Å². The van der Waals surface area contributed by atoms with Gasteiger partial charge in [0.2, 0.25) is 5.89 Å². The predicted molar refractivity (Wildman–Crippen MR) is 40.8 cm³/mol. The van der Waals surface area contributed by atoms with Crippen LogP contribution in [-0.4, -0.2) is 28.5 Å². The van der Waals surface area contributed by atoms with Gasteiger partial charge >= 0.3 is 0 Å². The maximum absolute atomic E-state index is 8.75. The van der Waals surface area contributed by atoms with Crippen LogP contribution in [0.4, 0.5) is 0 Å². The van der Waals surface area contributed by atoms with Crippen molar-refractivity contribution in [2.24, 2.45) is 11.8 Å². The summed E-state index contributed by atoms with van der Waals surface area (Å²) in [6.45, 7) is 1.47. The molecule has 0 amide bonds. The van der Waals surface area contributed by atoms with Gasteiger partial charge in [-0.25, -0.2) is 0 Å². The molecule has 13 heavy (non-hydrogen) atoms. The first kappa shape index (κ1) is 7.46. The molecular weight excluding hydrogens is 172 g/mol. The van der Waals surface area contributed by atoms with Crippen LogP contribution in [0.2, 0.25) is 0 Å². The number of hydrogen-bond acceptors (Lipinski definition) is 5. The molecule has 1 saturated heterocycles. The third-order valence-electron chi connectivity index (χ3n) is 2.86. The minimum absolute atomic E-state index is 0.151.